The number of benzene rings is 1. The van der Waals surface area contributed by atoms with E-state index in [4.69, 9.17) is 4.74 Å². The molecule has 1 rings (SSSR count). The molecule has 0 aliphatic carbocycles. The van der Waals surface area contributed by atoms with E-state index in [1.807, 2.05) is 37.9 Å². The van der Waals surface area contributed by atoms with Crippen molar-refractivity contribution < 1.29 is 9.13 Å². The molecular formula is C17H29FN2O. The first-order valence-corrected chi connectivity index (χ1v) is 7.55. The number of rotatable bonds is 7. The SMILES string of the molecule is CC(C)OCCN(C)c1ccc(CNC(C)(C)C)cc1F. The zero-order chi connectivity index (χ0) is 16.0. The van der Waals surface area contributed by atoms with E-state index in [9.17, 15) is 4.39 Å². The fraction of sp³-hybridized carbons (Fsp3) is 0.647. The maximum Gasteiger partial charge on any atom is 0.146 e. The molecule has 0 fully saturated rings. The number of ether oxygens (including phenoxy) is 1. The highest BCUT2D eigenvalue weighted by molar-refractivity contribution is 5.48. The van der Waals surface area contributed by atoms with E-state index >= 15 is 0 Å². The second-order valence-corrected chi connectivity index (χ2v) is 6.73. The standard InChI is InChI=1S/C17H29FN2O/c1-13(2)21-10-9-20(6)16-8-7-14(11-15(16)18)12-19-17(3,4)5/h7-8,11,13,19H,9-10,12H2,1-6H3. The molecule has 0 heterocycles. The maximum atomic E-state index is 14.2. The molecule has 0 amide bonds. The summed E-state index contributed by atoms with van der Waals surface area (Å²) in [5.41, 5.74) is 1.60. The number of nitrogens with one attached hydrogen (secondary N) is 1. The van der Waals surface area contributed by atoms with Crippen LogP contribution >= 0.6 is 0 Å². The van der Waals surface area contributed by atoms with E-state index in [1.165, 1.54) is 0 Å². The highest BCUT2D eigenvalue weighted by Crippen LogP contribution is 2.19. The Hall–Kier alpha value is -1.13. The second kappa shape index (κ2) is 7.76. The van der Waals surface area contributed by atoms with Crippen LogP contribution in [0.25, 0.3) is 0 Å². The predicted octanol–water partition coefficient (Wildman–Crippen LogP) is 3.58. The Morgan fingerprint density at radius 1 is 1.29 bits per heavy atom. The molecular weight excluding hydrogens is 267 g/mol. The minimum Gasteiger partial charge on any atom is -0.377 e. The van der Waals surface area contributed by atoms with Gasteiger partial charge < -0.3 is 15.0 Å². The van der Waals surface area contributed by atoms with Crippen molar-refractivity contribution in [1.29, 1.82) is 0 Å². The van der Waals surface area contributed by atoms with Gasteiger partial charge in [-0.05, 0) is 52.3 Å². The summed E-state index contributed by atoms with van der Waals surface area (Å²) in [5, 5.41) is 3.36. The Kier molecular flexibility index (Phi) is 6.62. The molecule has 0 aliphatic rings. The number of anilines is 1. The van der Waals surface area contributed by atoms with Crippen LogP contribution < -0.4 is 10.2 Å². The van der Waals surface area contributed by atoms with Crippen LogP contribution in [0, 0.1) is 5.82 Å². The van der Waals surface area contributed by atoms with Gasteiger partial charge in [-0.1, -0.05) is 6.07 Å². The first kappa shape index (κ1) is 17.9. The van der Waals surface area contributed by atoms with E-state index in [0.29, 0.717) is 25.4 Å². The summed E-state index contributed by atoms with van der Waals surface area (Å²) < 4.78 is 19.7. The Morgan fingerprint density at radius 2 is 1.95 bits per heavy atom. The average molecular weight is 296 g/mol. The van der Waals surface area contributed by atoms with Crippen molar-refractivity contribution in [3.05, 3.63) is 29.6 Å². The Labute approximate surface area is 128 Å². The molecule has 4 heteroatoms. The quantitative estimate of drug-likeness (QED) is 0.832. The van der Waals surface area contributed by atoms with Crippen LogP contribution in [0.1, 0.15) is 40.2 Å². The molecule has 1 aromatic rings. The largest absolute Gasteiger partial charge is 0.377 e. The lowest BCUT2D eigenvalue weighted by Crippen LogP contribution is -2.35. The predicted molar refractivity (Wildman–Crippen MR) is 87.4 cm³/mol. The second-order valence-electron chi connectivity index (χ2n) is 6.73. The summed E-state index contributed by atoms with van der Waals surface area (Å²) in [6, 6.07) is 5.41. The Bertz CT molecular complexity index is 441. The average Bonchev–Trinajstić information content (AvgIpc) is 2.35. The molecule has 0 aromatic heterocycles. The van der Waals surface area contributed by atoms with Gasteiger partial charge in [0.15, 0.2) is 0 Å². The highest BCUT2D eigenvalue weighted by Gasteiger charge is 2.11. The first-order chi connectivity index (χ1) is 9.69. The first-order valence-electron chi connectivity index (χ1n) is 7.55. The lowest BCUT2D eigenvalue weighted by molar-refractivity contribution is 0.0845. The monoisotopic (exact) mass is 296 g/mol. The number of likely N-dealkylation sites (N-methyl/N-ethyl adjacent to an activating group) is 1. The zero-order valence-electron chi connectivity index (χ0n) is 14.2. The van der Waals surface area contributed by atoms with Crippen LogP contribution in [0.3, 0.4) is 0 Å². The van der Waals surface area contributed by atoms with E-state index in [0.717, 1.165) is 5.56 Å². The highest BCUT2D eigenvalue weighted by atomic mass is 19.1. The van der Waals surface area contributed by atoms with Gasteiger partial charge in [-0.15, -0.1) is 0 Å². The molecule has 0 radical (unpaired) electrons. The van der Waals surface area contributed by atoms with Gasteiger partial charge in [-0.3, -0.25) is 0 Å². The summed E-state index contributed by atoms with van der Waals surface area (Å²) in [7, 11) is 1.88. The fourth-order valence-electron chi connectivity index (χ4n) is 1.88. The van der Waals surface area contributed by atoms with Gasteiger partial charge in [0, 0.05) is 25.7 Å². The molecule has 1 aromatic carbocycles. The van der Waals surface area contributed by atoms with Crippen molar-refractivity contribution in [3.63, 3.8) is 0 Å². The summed E-state index contributed by atoms with van der Waals surface area (Å²) in [4.78, 5) is 1.89. The van der Waals surface area contributed by atoms with Crippen molar-refractivity contribution in [2.24, 2.45) is 0 Å². The lowest BCUT2D eigenvalue weighted by atomic mass is 10.1. The topological polar surface area (TPSA) is 24.5 Å². The molecule has 0 spiro atoms. The van der Waals surface area contributed by atoms with E-state index < -0.39 is 0 Å². The van der Waals surface area contributed by atoms with Gasteiger partial charge in [0.25, 0.3) is 0 Å². The number of hydrogen-bond acceptors (Lipinski definition) is 3. The summed E-state index contributed by atoms with van der Waals surface area (Å²) >= 11 is 0. The molecule has 120 valence electrons. The van der Waals surface area contributed by atoms with Gasteiger partial charge in [0.2, 0.25) is 0 Å². The Morgan fingerprint density at radius 3 is 2.48 bits per heavy atom. The van der Waals surface area contributed by atoms with Gasteiger partial charge in [-0.2, -0.15) is 0 Å². The van der Waals surface area contributed by atoms with Crippen molar-refractivity contribution in [2.75, 3.05) is 25.1 Å². The molecule has 3 nitrogen and oxygen atoms in total. The zero-order valence-corrected chi connectivity index (χ0v) is 14.2. The van der Waals surface area contributed by atoms with Crippen molar-refractivity contribution in [2.45, 2.75) is 52.8 Å². The normalized spacial score (nSPS) is 12.0. The fourth-order valence-corrected chi connectivity index (χ4v) is 1.88. The third-order valence-corrected chi connectivity index (χ3v) is 3.12. The van der Waals surface area contributed by atoms with Crippen molar-refractivity contribution in [1.82, 2.24) is 5.32 Å². The Balaban J connectivity index is 2.60. The lowest BCUT2D eigenvalue weighted by Gasteiger charge is -2.23. The molecule has 0 saturated heterocycles. The number of hydrogen-bond donors (Lipinski definition) is 1. The van der Waals surface area contributed by atoms with Crippen molar-refractivity contribution in [3.8, 4) is 0 Å². The molecule has 0 atom stereocenters. The van der Waals surface area contributed by atoms with Crippen LogP contribution in [-0.4, -0.2) is 31.8 Å². The molecule has 0 saturated carbocycles. The smallest absolute Gasteiger partial charge is 0.146 e. The molecule has 0 aliphatic heterocycles. The minimum absolute atomic E-state index is 0.0279. The van der Waals surface area contributed by atoms with Crippen LogP contribution in [0.4, 0.5) is 10.1 Å². The molecule has 0 unspecified atom stereocenters. The summed E-state index contributed by atoms with van der Waals surface area (Å²) in [6.45, 7) is 12.2. The minimum atomic E-state index is -0.185. The van der Waals surface area contributed by atoms with Crippen LogP contribution in [0.5, 0.6) is 0 Å². The van der Waals surface area contributed by atoms with E-state index in [2.05, 4.69) is 26.1 Å². The number of nitrogens with zero attached hydrogens (tertiary/aromatic N) is 1. The molecule has 21 heavy (non-hydrogen) atoms. The molecule has 0 bridgehead atoms. The van der Waals surface area contributed by atoms with Gasteiger partial charge in [-0.25, -0.2) is 4.39 Å². The third-order valence-electron chi connectivity index (χ3n) is 3.12. The van der Waals surface area contributed by atoms with Crippen LogP contribution in [-0.2, 0) is 11.3 Å². The maximum absolute atomic E-state index is 14.2. The van der Waals surface area contributed by atoms with Gasteiger partial charge in [0.05, 0.1) is 18.4 Å². The van der Waals surface area contributed by atoms with Crippen LogP contribution in [0.2, 0.25) is 0 Å². The number of halogens is 1. The van der Waals surface area contributed by atoms with Gasteiger partial charge in [0.1, 0.15) is 5.82 Å². The van der Waals surface area contributed by atoms with Crippen LogP contribution in [0.15, 0.2) is 18.2 Å². The van der Waals surface area contributed by atoms with E-state index in [1.54, 1.807) is 6.07 Å². The van der Waals surface area contributed by atoms with Crippen molar-refractivity contribution >= 4 is 5.69 Å². The van der Waals surface area contributed by atoms with Gasteiger partial charge >= 0.3 is 0 Å². The summed E-state index contributed by atoms with van der Waals surface area (Å²) in [5.74, 6) is -0.185. The summed E-state index contributed by atoms with van der Waals surface area (Å²) in [6.07, 6.45) is 0.203. The van der Waals surface area contributed by atoms with E-state index in [-0.39, 0.29) is 17.5 Å². The third kappa shape index (κ3) is 6.91. The molecule has 1 N–H and O–H groups in total.